The van der Waals surface area contributed by atoms with Gasteiger partial charge in [-0.15, -0.1) is 0 Å². The predicted molar refractivity (Wildman–Crippen MR) is 125 cm³/mol. The third-order valence-electron chi connectivity index (χ3n) is 6.51. The summed E-state index contributed by atoms with van der Waals surface area (Å²) in [5.74, 6) is 1.56. The maximum atomic E-state index is 13.1. The summed E-state index contributed by atoms with van der Waals surface area (Å²) in [5, 5.41) is 5.52. The van der Waals surface area contributed by atoms with Crippen molar-refractivity contribution in [1.82, 2.24) is 19.6 Å². The minimum atomic E-state index is -0.442. The second-order valence-electron chi connectivity index (χ2n) is 8.80. The van der Waals surface area contributed by atoms with Gasteiger partial charge in [-0.1, -0.05) is 17.7 Å². The molecule has 34 heavy (non-hydrogen) atoms. The number of benzene rings is 2. The van der Waals surface area contributed by atoms with E-state index >= 15 is 0 Å². The van der Waals surface area contributed by atoms with Gasteiger partial charge < -0.3 is 18.8 Å². The summed E-state index contributed by atoms with van der Waals surface area (Å²) in [6.45, 7) is 5.98. The molecule has 0 saturated carbocycles. The van der Waals surface area contributed by atoms with Crippen molar-refractivity contribution in [2.24, 2.45) is 0 Å². The Hall–Kier alpha value is -3.85. The zero-order valence-corrected chi connectivity index (χ0v) is 18.8. The Labute approximate surface area is 195 Å². The Morgan fingerprint density at radius 3 is 2.68 bits per heavy atom. The number of piperazine rings is 1. The van der Waals surface area contributed by atoms with Gasteiger partial charge in [0, 0.05) is 38.1 Å². The van der Waals surface area contributed by atoms with Crippen LogP contribution in [-0.4, -0.2) is 58.5 Å². The van der Waals surface area contributed by atoms with Crippen molar-refractivity contribution in [1.29, 1.82) is 0 Å². The number of carbonyl (C=O) groups is 1. The van der Waals surface area contributed by atoms with Crippen LogP contribution in [0.25, 0.3) is 21.9 Å². The van der Waals surface area contributed by atoms with Gasteiger partial charge in [0.05, 0.1) is 11.7 Å². The van der Waals surface area contributed by atoms with Gasteiger partial charge in [0.25, 0.3) is 0 Å². The number of aromatic nitrogens is 2. The first-order chi connectivity index (χ1) is 16.5. The van der Waals surface area contributed by atoms with E-state index in [1.54, 1.807) is 10.7 Å². The van der Waals surface area contributed by atoms with Crippen LogP contribution in [0, 0.1) is 6.92 Å². The molecule has 1 fully saturated rings. The highest BCUT2D eigenvalue weighted by Crippen LogP contribution is 2.33. The maximum absolute atomic E-state index is 13.1. The molecule has 0 radical (unpaired) electrons. The van der Waals surface area contributed by atoms with E-state index in [-0.39, 0.29) is 19.2 Å². The molecule has 4 aromatic rings. The van der Waals surface area contributed by atoms with Crippen molar-refractivity contribution in [2.75, 3.05) is 33.0 Å². The number of fused-ring (bicyclic) bond motifs is 4. The summed E-state index contributed by atoms with van der Waals surface area (Å²) in [7, 11) is 0. The molecular weight excluding hydrogens is 436 g/mol. The van der Waals surface area contributed by atoms with Crippen LogP contribution in [0.4, 0.5) is 0 Å². The topological polar surface area (TPSA) is 90.0 Å². The SMILES string of the molecule is Cc1ccc2oc(=O)c3cnn(CC(=O)N4CCN(Cc5ccc6c(c5)OCO6)CC4)c3c2c1. The minimum absolute atomic E-state index is 0.0122. The summed E-state index contributed by atoms with van der Waals surface area (Å²) in [6, 6.07) is 11.6. The van der Waals surface area contributed by atoms with Crippen LogP contribution in [0.1, 0.15) is 11.1 Å². The van der Waals surface area contributed by atoms with Crippen LogP contribution >= 0.6 is 0 Å². The van der Waals surface area contributed by atoms with Crippen molar-refractivity contribution in [3.63, 3.8) is 0 Å². The largest absolute Gasteiger partial charge is 0.454 e. The van der Waals surface area contributed by atoms with Crippen LogP contribution < -0.4 is 15.1 Å². The number of carbonyl (C=O) groups excluding carboxylic acids is 1. The van der Waals surface area contributed by atoms with Crippen LogP contribution in [0.5, 0.6) is 11.5 Å². The monoisotopic (exact) mass is 460 g/mol. The predicted octanol–water partition coefficient (Wildman–Crippen LogP) is 2.52. The number of hydrogen-bond acceptors (Lipinski definition) is 7. The van der Waals surface area contributed by atoms with Crippen molar-refractivity contribution in [2.45, 2.75) is 20.0 Å². The lowest BCUT2D eigenvalue weighted by Gasteiger charge is -2.34. The number of nitrogens with zero attached hydrogens (tertiary/aromatic N) is 4. The van der Waals surface area contributed by atoms with Crippen LogP contribution in [-0.2, 0) is 17.9 Å². The fraction of sp³-hybridized carbons (Fsp3) is 0.320. The van der Waals surface area contributed by atoms with E-state index in [9.17, 15) is 9.59 Å². The van der Waals surface area contributed by atoms with Crippen LogP contribution in [0.3, 0.4) is 0 Å². The molecule has 9 heteroatoms. The number of rotatable bonds is 4. The molecule has 2 aliphatic heterocycles. The van der Waals surface area contributed by atoms with Gasteiger partial charge in [-0.05, 0) is 36.8 Å². The normalized spacial score (nSPS) is 16.0. The lowest BCUT2D eigenvalue weighted by Crippen LogP contribution is -2.49. The fourth-order valence-electron chi connectivity index (χ4n) is 4.69. The van der Waals surface area contributed by atoms with Crippen molar-refractivity contribution in [3.8, 4) is 11.5 Å². The second kappa shape index (κ2) is 8.18. The summed E-state index contributed by atoms with van der Waals surface area (Å²) >= 11 is 0. The smallest absolute Gasteiger partial charge is 0.347 e. The highest BCUT2D eigenvalue weighted by Gasteiger charge is 2.24. The highest BCUT2D eigenvalue weighted by atomic mass is 16.7. The molecule has 2 aromatic heterocycles. The van der Waals surface area contributed by atoms with E-state index in [1.165, 1.54) is 6.20 Å². The Kier molecular flexibility index (Phi) is 4.99. The Morgan fingerprint density at radius 2 is 1.82 bits per heavy atom. The molecule has 0 aliphatic carbocycles. The molecule has 2 aliphatic rings. The summed E-state index contributed by atoms with van der Waals surface area (Å²) in [4.78, 5) is 29.7. The molecule has 0 unspecified atom stereocenters. The molecule has 9 nitrogen and oxygen atoms in total. The molecule has 0 spiro atoms. The molecule has 1 saturated heterocycles. The summed E-state index contributed by atoms with van der Waals surface area (Å²) in [6.07, 6.45) is 1.49. The number of ether oxygens (including phenoxy) is 2. The average Bonchev–Trinajstić information content (AvgIpc) is 3.47. The molecule has 0 atom stereocenters. The molecule has 4 heterocycles. The second-order valence-corrected chi connectivity index (χ2v) is 8.80. The van der Waals surface area contributed by atoms with Crippen molar-refractivity contribution < 1.29 is 18.7 Å². The van der Waals surface area contributed by atoms with Gasteiger partial charge in [-0.2, -0.15) is 5.10 Å². The van der Waals surface area contributed by atoms with Crippen LogP contribution in [0.2, 0.25) is 0 Å². The fourth-order valence-corrected chi connectivity index (χ4v) is 4.69. The molecular formula is C25H24N4O5. The molecule has 174 valence electrons. The van der Waals surface area contributed by atoms with Crippen molar-refractivity contribution in [3.05, 3.63) is 64.1 Å². The van der Waals surface area contributed by atoms with E-state index in [2.05, 4.69) is 16.1 Å². The van der Waals surface area contributed by atoms with Gasteiger partial charge in [0.1, 0.15) is 17.5 Å². The molecule has 0 bridgehead atoms. The average molecular weight is 460 g/mol. The minimum Gasteiger partial charge on any atom is -0.454 e. The standard InChI is InChI=1S/C25H24N4O5/c1-16-2-4-20-18(10-16)24-19(25(31)34-20)12-26-29(24)14-23(30)28-8-6-27(7-9-28)13-17-3-5-21-22(11-17)33-15-32-21/h2-5,10-12H,6-9,13-15H2,1H3. The zero-order valence-electron chi connectivity index (χ0n) is 18.8. The molecule has 6 rings (SSSR count). The third kappa shape index (κ3) is 3.67. The van der Waals surface area contributed by atoms with E-state index in [4.69, 9.17) is 13.9 Å². The first kappa shape index (κ1) is 20.7. The van der Waals surface area contributed by atoms with E-state index in [1.807, 2.05) is 36.1 Å². The first-order valence-corrected chi connectivity index (χ1v) is 11.3. The zero-order chi connectivity index (χ0) is 23.2. The van der Waals surface area contributed by atoms with E-state index in [0.29, 0.717) is 29.6 Å². The van der Waals surface area contributed by atoms with E-state index < -0.39 is 5.63 Å². The van der Waals surface area contributed by atoms with Gasteiger partial charge in [-0.25, -0.2) is 4.79 Å². The number of amides is 1. The Morgan fingerprint density at radius 1 is 1.00 bits per heavy atom. The van der Waals surface area contributed by atoms with Crippen LogP contribution in [0.15, 0.2) is 51.8 Å². The highest BCUT2D eigenvalue weighted by molar-refractivity contribution is 6.02. The van der Waals surface area contributed by atoms with Gasteiger partial charge in [0.2, 0.25) is 12.7 Å². The molecule has 2 aromatic carbocycles. The lowest BCUT2D eigenvalue weighted by molar-refractivity contribution is -0.133. The third-order valence-corrected chi connectivity index (χ3v) is 6.51. The van der Waals surface area contributed by atoms with Gasteiger partial charge in [0.15, 0.2) is 11.5 Å². The lowest BCUT2D eigenvalue weighted by atomic mass is 10.1. The maximum Gasteiger partial charge on any atom is 0.347 e. The summed E-state index contributed by atoms with van der Waals surface area (Å²) < 4.78 is 17.9. The number of aryl methyl sites for hydroxylation is 1. The van der Waals surface area contributed by atoms with Gasteiger partial charge >= 0.3 is 5.63 Å². The van der Waals surface area contributed by atoms with E-state index in [0.717, 1.165) is 47.6 Å². The van der Waals surface area contributed by atoms with Crippen molar-refractivity contribution >= 4 is 27.8 Å². The molecule has 1 amide bonds. The Bertz CT molecular complexity index is 1470. The number of hydrogen-bond donors (Lipinski definition) is 0. The molecule has 0 N–H and O–H groups in total. The quantitative estimate of drug-likeness (QED) is 0.432. The Balaban J connectivity index is 1.15. The van der Waals surface area contributed by atoms with Gasteiger partial charge in [-0.3, -0.25) is 14.4 Å². The summed E-state index contributed by atoms with van der Waals surface area (Å²) in [5.41, 5.74) is 2.90. The first-order valence-electron chi connectivity index (χ1n) is 11.3.